The minimum absolute atomic E-state index is 0.0530. The lowest BCUT2D eigenvalue weighted by molar-refractivity contribution is 0.284. The van der Waals surface area contributed by atoms with Crippen molar-refractivity contribution in [2.75, 3.05) is 12.4 Å². The van der Waals surface area contributed by atoms with Crippen molar-refractivity contribution in [1.29, 1.82) is 0 Å². The lowest BCUT2D eigenvalue weighted by atomic mass is 10.1. The molecule has 1 rings (SSSR count). The SMILES string of the molecule is C=C/C(=C\c1ccc(C)cc1C)S(=O)CCOS(=O)(=O)O. The first-order valence-electron chi connectivity index (χ1n) is 6.14. The summed E-state index contributed by atoms with van der Waals surface area (Å²) >= 11 is 0. The Labute approximate surface area is 127 Å². The number of rotatable bonds is 7. The van der Waals surface area contributed by atoms with Gasteiger partial charge in [0.05, 0.1) is 23.2 Å². The number of aryl methyl sites for hydroxylation is 2. The number of allylic oxidation sites excluding steroid dienone is 1. The molecule has 1 aromatic carbocycles. The Morgan fingerprint density at radius 1 is 1.43 bits per heavy atom. The lowest BCUT2D eigenvalue weighted by Gasteiger charge is -2.06. The second kappa shape index (κ2) is 7.65. The average molecular weight is 330 g/mol. The average Bonchev–Trinajstić information content (AvgIpc) is 2.36. The van der Waals surface area contributed by atoms with Crippen molar-refractivity contribution in [2.45, 2.75) is 13.8 Å². The molecule has 0 amide bonds. The molecule has 0 aliphatic carbocycles. The molecule has 0 radical (unpaired) electrons. The van der Waals surface area contributed by atoms with E-state index >= 15 is 0 Å². The number of hydrogen-bond acceptors (Lipinski definition) is 4. The third-order valence-electron chi connectivity index (χ3n) is 2.69. The summed E-state index contributed by atoms with van der Waals surface area (Å²) in [5, 5.41) is 0. The van der Waals surface area contributed by atoms with Gasteiger partial charge in [0.2, 0.25) is 0 Å². The molecular weight excluding hydrogens is 312 g/mol. The molecular formula is C14H18O5S2. The van der Waals surface area contributed by atoms with Gasteiger partial charge in [-0.05, 0) is 31.1 Å². The van der Waals surface area contributed by atoms with E-state index in [0.717, 1.165) is 16.7 Å². The lowest BCUT2D eigenvalue weighted by Crippen LogP contribution is -2.11. The molecule has 1 unspecified atom stereocenters. The van der Waals surface area contributed by atoms with Gasteiger partial charge in [-0.1, -0.05) is 36.4 Å². The molecule has 0 aliphatic rings. The fraction of sp³-hybridized carbons (Fsp3) is 0.286. The molecule has 0 fully saturated rings. The van der Waals surface area contributed by atoms with E-state index in [1.807, 2.05) is 32.0 Å². The Hall–Kier alpha value is -1.28. The van der Waals surface area contributed by atoms with Crippen molar-refractivity contribution in [3.05, 3.63) is 52.4 Å². The normalized spacial score (nSPS) is 14.0. The summed E-state index contributed by atoms with van der Waals surface area (Å²) in [5.41, 5.74) is 3.09. The topological polar surface area (TPSA) is 80.7 Å². The van der Waals surface area contributed by atoms with Crippen LogP contribution in [0, 0.1) is 13.8 Å². The Morgan fingerprint density at radius 3 is 2.62 bits per heavy atom. The Kier molecular flexibility index (Phi) is 6.47. The molecule has 116 valence electrons. The summed E-state index contributed by atoms with van der Waals surface area (Å²) in [5.74, 6) is -0.0530. The van der Waals surface area contributed by atoms with Gasteiger partial charge in [-0.2, -0.15) is 8.42 Å². The highest BCUT2D eigenvalue weighted by Gasteiger charge is 2.09. The summed E-state index contributed by atoms with van der Waals surface area (Å²) in [6.45, 7) is 7.19. The van der Waals surface area contributed by atoms with Crippen LogP contribution in [-0.4, -0.2) is 29.5 Å². The molecule has 0 saturated carbocycles. The maximum atomic E-state index is 12.1. The van der Waals surface area contributed by atoms with E-state index < -0.39 is 21.2 Å². The van der Waals surface area contributed by atoms with Crippen LogP contribution in [-0.2, 0) is 25.4 Å². The standard InChI is InChI=1S/C14H18O5S2/c1-4-14(20(15)8-7-19-21(16,17)18)10-13-6-5-11(2)9-12(13)3/h4-6,9-10H,1,7-8H2,2-3H3,(H,16,17,18)/b14-10+. The third kappa shape index (κ3) is 6.34. The van der Waals surface area contributed by atoms with Gasteiger partial charge >= 0.3 is 10.4 Å². The highest BCUT2D eigenvalue weighted by Crippen LogP contribution is 2.17. The van der Waals surface area contributed by atoms with Gasteiger partial charge < -0.3 is 0 Å². The van der Waals surface area contributed by atoms with E-state index in [4.69, 9.17) is 4.55 Å². The van der Waals surface area contributed by atoms with Gasteiger partial charge in [0, 0.05) is 4.91 Å². The minimum atomic E-state index is -4.50. The Bertz CT molecular complexity index is 675. The van der Waals surface area contributed by atoms with Crippen LogP contribution in [0.4, 0.5) is 0 Å². The van der Waals surface area contributed by atoms with Gasteiger partial charge in [-0.3, -0.25) is 8.76 Å². The molecule has 7 heteroatoms. The summed E-state index contributed by atoms with van der Waals surface area (Å²) in [6.07, 6.45) is 3.20. The number of benzene rings is 1. The summed E-state index contributed by atoms with van der Waals surface area (Å²) in [4.78, 5) is 0.473. The van der Waals surface area contributed by atoms with E-state index in [2.05, 4.69) is 10.8 Å². The van der Waals surface area contributed by atoms with Gasteiger partial charge in [0.1, 0.15) is 0 Å². The van der Waals surface area contributed by atoms with Crippen LogP contribution in [0.15, 0.2) is 35.8 Å². The maximum Gasteiger partial charge on any atom is 0.397 e. The smallest absolute Gasteiger partial charge is 0.264 e. The molecule has 0 heterocycles. The van der Waals surface area contributed by atoms with Crippen LogP contribution in [0.25, 0.3) is 6.08 Å². The monoisotopic (exact) mass is 330 g/mol. The third-order valence-corrected chi connectivity index (χ3v) is 4.50. The molecule has 5 nitrogen and oxygen atoms in total. The molecule has 0 saturated heterocycles. The van der Waals surface area contributed by atoms with E-state index in [1.165, 1.54) is 6.08 Å². The number of hydrogen-bond donors (Lipinski definition) is 1. The molecule has 1 aromatic rings. The molecule has 21 heavy (non-hydrogen) atoms. The van der Waals surface area contributed by atoms with Crippen molar-refractivity contribution >= 4 is 27.3 Å². The maximum absolute atomic E-state index is 12.1. The Balaban J connectivity index is 2.84. The van der Waals surface area contributed by atoms with Crippen molar-refractivity contribution in [3.8, 4) is 0 Å². The second-order valence-corrected chi connectivity index (χ2v) is 7.07. The predicted octanol–water partition coefficient (Wildman–Crippen LogP) is 2.40. The van der Waals surface area contributed by atoms with Gasteiger partial charge in [-0.15, -0.1) is 0 Å². The minimum Gasteiger partial charge on any atom is -0.264 e. The second-order valence-electron chi connectivity index (χ2n) is 4.41. The molecule has 1 atom stereocenters. The van der Waals surface area contributed by atoms with Crippen molar-refractivity contribution in [1.82, 2.24) is 0 Å². The summed E-state index contributed by atoms with van der Waals surface area (Å²) < 4.78 is 45.5. The summed E-state index contributed by atoms with van der Waals surface area (Å²) in [6, 6.07) is 5.88. The van der Waals surface area contributed by atoms with E-state index in [9.17, 15) is 12.6 Å². The van der Waals surface area contributed by atoms with Gasteiger partial charge in [0.15, 0.2) is 0 Å². The van der Waals surface area contributed by atoms with E-state index in [1.54, 1.807) is 6.08 Å². The first-order chi connectivity index (χ1) is 9.73. The van der Waals surface area contributed by atoms with Crippen molar-refractivity contribution < 1.29 is 21.4 Å². The first-order valence-corrected chi connectivity index (χ1v) is 8.83. The van der Waals surface area contributed by atoms with Crippen LogP contribution < -0.4 is 0 Å². The summed E-state index contributed by atoms with van der Waals surface area (Å²) in [7, 11) is -5.97. The van der Waals surface area contributed by atoms with Gasteiger partial charge in [-0.25, -0.2) is 4.18 Å². The predicted molar refractivity (Wildman–Crippen MR) is 84.6 cm³/mol. The van der Waals surface area contributed by atoms with Crippen LogP contribution >= 0.6 is 0 Å². The van der Waals surface area contributed by atoms with Crippen LogP contribution in [0.2, 0.25) is 0 Å². The molecule has 0 aliphatic heterocycles. The van der Waals surface area contributed by atoms with Crippen molar-refractivity contribution in [2.24, 2.45) is 0 Å². The molecule has 1 N–H and O–H groups in total. The van der Waals surface area contributed by atoms with Crippen LogP contribution in [0.1, 0.15) is 16.7 Å². The molecule has 0 spiro atoms. The molecule has 0 bridgehead atoms. The fourth-order valence-electron chi connectivity index (χ4n) is 1.69. The zero-order chi connectivity index (χ0) is 16.0. The van der Waals surface area contributed by atoms with Gasteiger partial charge in [0.25, 0.3) is 0 Å². The highest BCUT2D eigenvalue weighted by atomic mass is 32.3. The van der Waals surface area contributed by atoms with Crippen LogP contribution in [0.5, 0.6) is 0 Å². The van der Waals surface area contributed by atoms with E-state index in [0.29, 0.717) is 4.91 Å². The zero-order valence-corrected chi connectivity index (χ0v) is 13.5. The van der Waals surface area contributed by atoms with Crippen molar-refractivity contribution in [3.63, 3.8) is 0 Å². The highest BCUT2D eigenvalue weighted by molar-refractivity contribution is 7.89. The molecule has 0 aromatic heterocycles. The zero-order valence-electron chi connectivity index (χ0n) is 11.9. The fourth-order valence-corrected chi connectivity index (χ4v) is 3.01. The Morgan fingerprint density at radius 2 is 2.10 bits per heavy atom. The van der Waals surface area contributed by atoms with E-state index in [-0.39, 0.29) is 12.4 Å². The quantitative estimate of drug-likeness (QED) is 0.613. The van der Waals surface area contributed by atoms with Crippen LogP contribution in [0.3, 0.4) is 0 Å². The largest absolute Gasteiger partial charge is 0.397 e. The first kappa shape index (κ1) is 17.8.